The molecule has 0 aromatic heterocycles. The summed E-state index contributed by atoms with van der Waals surface area (Å²) in [5.74, 6) is 0. The number of anilines is 1. The van der Waals surface area contributed by atoms with Crippen LogP contribution in [0.2, 0.25) is 0 Å². The Balaban J connectivity index is 0.00000261. The zero-order valence-corrected chi connectivity index (χ0v) is 16.6. The predicted molar refractivity (Wildman–Crippen MR) is 100 cm³/mol. The molecule has 0 aliphatic carbocycles. The van der Waals surface area contributed by atoms with Crippen LogP contribution in [0.15, 0.2) is 23.1 Å². The van der Waals surface area contributed by atoms with E-state index in [-0.39, 0.29) is 30.4 Å². The molecule has 2 aliphatic heterocycles. The smallest absolute Gasteiger partial charge is 0.374 e. The number of piperazine rings is 1. The molecule has 0 radical (unpaired) electrons. The highest BCUT2D eigenvalue weighted by Gasteiger charge is 2.44. The van der Waals surface area contributed by atoms with Gasteiger partial charge >= 0.3 is 6.18 Å². The maximum absolute atomic E-state index is 13.4. The molecule has 1 atom stereocenters. The molecule has 0 bridgehead atoms. The van der Waals surface area contributed by atoms with Crippen molar-refractivity contribution in [3.05, 3.63) is 23.8 Å². The molecule has 0 spiro atoms. The standard InChI is InChI=1S/C16H23F3N4O2S.ClH/c1-22-7-4-12-2-3-13(10-14(12)22)26(24,25)21-11-15(16(17,18)19)23-8-5-20-6-9-23;/h2-3,10,15,20-21H,4-9,11H2,1H3;1H. The third-order valence-electron chi connectivity index (χ3n) is 4.93. The maximum atomic E-state index is 13.4. The average molecular weight is 429 g/mol. The van der Waals surface area contributed by atoms with Crippen LogP contribution in [-0.2, 0) is 16.4 Å². The zero-order valence-electron chi connectivity index (χ0n) is 14.9. The molecule has 3 rings (SSSR count). The van der Waals surface area contributed by atoms with Gasteiger partial charge in [-0.1, -0.05) is 6.07 Å². The van der Waals surface area contributed by atoms with Crippen molar-refractivity contribution in [1.29, 1.82) is 0 Å². The monoisotopic (exact) mass is 428 g/mol. The maximum Gasteiger partial charge on any atom is 0.405 e. The van der Waals surface area contributed by atoms with Crippen LogP contribution in [0.1, 0.15) is 5.56 Å². The van der Waals surface area contributed by atoms with E-state index in [1.807, 2.05) is 11.9 Å². The fourth-order valence-electron chi connectivity index (χ4n) is 3.40. The zero-order chi connectivity index (χ0) is 18.9. The normalized spacial score (nSPS) is 19.5. The predicted octanol–water partition coefficient (Wildman–Crippen LogP) is 1.22. The summed E-state index contributed by atoms with van der Waals surface area (Å²) in [6.07, 6.45) is -3.67. The van der Waals surface area contributed by atoms with Gasteiger partial charge in [0.15, 0.2) is 0 Å². The summed E-state index contributed by atoms with van der Waals surface area (Å²) in [6.45, 7) is 1.47. The van der Waals surface area contributed by atoms with E-state index in [4.69, 9.17) is 0 Å². The van der Waals surface area contributed by atoms with Crippen LogP contribution in [0.4, 0.5) is 18.9 Å². The number of alkyl halides is 3. The summed E-state index contributed by atoms with van der Waals surface area (Å²) >= 11 is 0. The number of benzene rings is 1. The van der Waals surface area contributed by atoms with Crippen LogP contribution in [-0.4, -0.2) is 71.9 Å². The third-order valence-corrected chi connectivity index (χ3v) is 6.35. The molecule has 6 nitrogen and oxygen atoms in total. The van der Waals surface area contributed by atoms with Gasteiger partial charge in [-0.15, -0.1) is 12.4 Å². The number of likely N-dealkylation sites (N-methyl/N-ethyl adjacent to an activating group) is 1. The largest absolute Gasteiger partial charge is 0.405 e. The Morgan fingerprint density at radius 2 is 1.89 bits per heavy atom. The molecule has 2 N–H and O–H groups in total. The summed E-state index contributed by atoms with van der Waals surface area (Å²) in [7, 11) is -2.16. The fraction of sp³-hybridized carbons (Fsp3) is 0.625. The van der Waals surface area contributed by atoms with Crippen molar-refractivity contribution in [2.45, 2.75) is 23.5 Å². The lowest BCUT2D eigenvalue weighted by molar-refractivity contribution is -0.182. The number of nitrogens with one attached hydrogen (secondary N) is 2. The molecule has 1 fully saturated rings. The van der Waals surface area contributed by atoms with E-state index in [1.54, 1.807) is 6.07 Å². The van der Waals surface area contributed by atoms with Crippen molar-refractivity contribution in [3.8, 4) is 0 Å². The van der Waals surface area contributed by atoms with Crippen molar-refractivity contribution < 1.29 is 21.6 Å². The van der Waals surface area contributed by atoms with Gasteiger partial charge in [-0.3, -0.25) is 4.90 Å². The number of hydrogen-bond donors (Lipinski definition) is 2. The molecule has 1 saturated heterocycles. The van der Waals surface area contributed by atoms with Gasteiger partial charge in [0.2, 0.25) is 10.0 Å². The van der Waals surface area contributed by atoms with E-state index in [1.165, 1.54) is 17.0 Å². The number of hydrogen-bond acceptors (Lipinski definition) is 5. The van der Waals surface area contributed by atoms with Crippen LogP contribution in [0.5, 0.6) is 0 Å². The molecule has 0 saturated carbocycles. The highest BCUT2D eigenvalue weighted by Crippen LogP contribution is 2.29. The Bertz CT molecular complexity index is 755. The van der Waals surface area contributed by atoms with Gasteiger partial charge in [0.1, 0.15) is 6.04 Å². The Morgan fingerprint density at radius 3 is 2.52 bits per heavy atom. The molecular weight excluding hydrogens is 405 g/mol. The topological polar surface area (TPSA) is 64.7 Å². The lowest BCUT2D eigenvalue weighted by atomic mass is 10.2. The lowest BCUT2D eigenvalue weighted by Crippen LogP contribution is -2.57. The van der Waals surface area contributed by atoms with E-state index >= 15 is 0 Å². The SMILES string of the molecule is CN1CCc2ccc(S(=O)(=O)NCC(N3CCNCC3)C(F)(F)F)cc21.Cl. The fourth-order valence-corrected chi connectivity index (χ4v) is 4.46. The van der Waals surface area contributed by atoms with Crippen molar-refractivity contribution >= 4 is 28.1 Å². The first-order chi connectivity index (χ1) is 12.2. The molecule has 1 aromatic carbocycles. The molecule has 11 heteroatoms. The highest BCUT2D eigenvalue weighted by molar-refractivity contribution is 7.89. The molecule has 154 valence electrons. The second kappa shape index (κ2) is 8.52. The highest BCUT2D eigenvalue weighted by atomic mass is 35.5. The molecule has 2 heterocycles. The molecular formula is C16H24ClF3N4O2S. The molecule has 1 aromatic rings. The van der Waals surface area contributed by atoms with E-state index in [0.29, 0.717) is 13.1 Å². The Labute approximate surface area is 163 Å². The van der Waals surface area contributed by atoms with Gasteiger partial charge in [0.25, 0.3) is 0 Å². The molecule has 27 heavy (non-hydrogen) atoms. The second-order valence-electron chi connectivity index (χ2n) is 6.66. The van der Waals surface area contributed by atoms with E-state index in [2.05, 4.69) is 10.0 Å². The first kappa shape index (κ1) is 22.2. The van der Waals surface area contributed by atoms with Crippen molar-refractivity contribution in [3.63, 3.8) is 0 Å². The minimum Gasteiger partial charge on any atom is -0.374 e. The van der Waals surface area contributed by atoms with Gasteiger partial charge < -0.3 is 10.2 Å². The second-order valence-corrected chi connectivity index (χ2v) is 8.42. The molecule has 2 aliphatic rings. The van der Waals surface area contributed by atoms with Crippen molar-refractivity contribution in [2.24, 2.45) is 0 Å². The lowest BCUT2D eigenvalue weighted by Gasteiger charge is -2.35. The van der Waals surface area contributed by atoms with Gasteiger partial charge in [-0.05, 0) is 24.1 Å². The number of fused-ring (bicyclic) bond motifs is 1. The van der Waals surface area contributed by atoms with Crippen LogP contribution in [0.3, 0.4) is 0 Å². The Hall–Kier alpha value is -1.07. The summed E-state index contributed by atoms with van der Waals surface area (Å²) < 4.78 is 67.4. The number of nitrogens with zero attached hydrogens (tertiary/aromatic N) is 2. The minimum absolute atomic E-state index is 0. The van der Waals surface area contributed by atoms with Gasteiger partial charge in [-0.2, -0.15) is 13.2 Å². The number of halogens is 4. The Morgan fingerprint density at radius 1 is 1.22 bits per heavy atom. The average Bonchev–Trinajstić information content (AvgIpc) is 2.95. The molecule has 0 amide bonds. The molecule has 1 unspecified atom stereocenters. The van der Waals surface area contributed by atoms with Gasteiger partial charge in [0, 0.05) is 52.0 Å². The Kier molecular flexibility index (Phi) is 7.01. The van der Waals surface area contributed by atoms with Crippen molar-refractivity contribution in [1.82, 2.24) is 14.9 Å². The van der Waals surface area contributed by atoms with Gasteiger partial charge in [-0.25, -0.2) is 13.1 Å². The van der Waals surface area contributed by atoms with Crippen LogP contribution in [0.25, 0.3) is 0 Å². The first-order valence-corrected chi connectivity index (χ1v) is 10.0. The van der Waals surface area contributed by atoms with Crippen LogP contribution in [0, 0.1) is 0 Å². The number of rotatable bonds is 5. The van der Waals surface area contributed by atoms with Crippen molar-refractivity contribution in [2.75, 3.05) is 51.2 Å². The quantitative estimate of drug-likeness (QED) is 0.738. The van der Waals surface area contributed by atoms with E-state index in [9.17, 15) is 21.6 Å². The summed E-state index contributed by atoms with van der Waals surface area (Å²) in [4.78, 5) is 3.20. The summed E-state index contributed by atoms with van der Waals surface area (Å²) in [6, 6.07) is 2.87. The van der Waals surface area contributed by atoms with Crippen LogP contribution >= 0.6 is 12.4 Å². The number of sulfonamides is 1. The van der Waals surface area contributed by atoms with E-state index in [0.717, 1.165) is 24.2 Å². The minimum atomic E-state index is -4.50. The summed E-state index contributed by atoms with van der Waals surface area (Å²) in [5.41, 5.74) is 1.85. The van der Waals surface area contributed by atoms with Crippen LogP contribution < -0.4 is 14.9 Å². The third kappa shape index (κ3) is 5.05. The van der Waals surface area contributed by atoms with E-state index < -0.39 is 28.8 Å². The van der Waals surface area contributed by atoms with Gasteiger partial charge in [0.05, 0.1) is 4.90 Å². The summed E-state index contributed by atoms with van der Waals surface area (Å²) in [5, 5.41) is 2.99. The first-order valence-electron chi connectivity index (χ1n) is 8.54.